The topological polar surface area (TPSA) is 89.9 Å². The minimum atomic E-state index is -1.31. The van der Waals surface area contributed by atoms with Gasteiger partial charge in [0.05, 0.1) is 5.92 Å². The van der Waals surface area contributed by atoms with Crippen molar-refractivity contribution < 1.29 is 29.0 Å². The summed E-state index contributed by atoms with van der Waals surface area (Å²) in [6, 6.07) is 0. The maximum absolute atomic E-state index is 11.7. The molecule has 0 aromatic heterocycles. The van der Waals surface area contributed by atoms with Crippen LogP contribution >= 0.6 is 0 Å². The quantitative estimate of drug-likeness (QED) is 0.720. The zero-order valence-electron chi connectivity index (χ0n) is 9.45. The number of carbonyl (C=O) groups excluding carboxylic acids is 2. The Morgan fingerprint density at radius 1 is 1.44 bits per heavy atom. The fraction of sp³-hybridized carbons (Fsp3) is 0.250. The summed E-state index contributed by atoms with van der Waals surface area (Å²) in [5.41, 5.74) is 0. The van der Waals surface area contributed by atoms with Gasteiger partial charge in [-0.2, -0.15) is 0 Å². The lowest BCUT2D eigenvalue weighted by Crippen LogP contribution is -2.34. The van der Waals surface area contributed by atoms with Crippen LogP contribution in [0.25, 0.3) is 0 Å². The first-order valence-electron chi connectivity index (χ1n) is 5.21. The molecule has 2 atom stereocenters. The predicted octanol–water partition coefficient (Wildman–Crippen LogP) is 0.556. The average molecular weight is 250 g/mol. The molecule has 0 saturated heterocycles. The van der Waals surface area contributed by atoms with Gasteiger partial charge in [-0.15, -0.1) is 0 Å². The summed E-state index contributed by atoms with van der Waals surface area (Å²) in [6.07, 6.45) is 4.63. The number of rotatable bonds is 2. The largest absolute Gasteiger partial charge is 0.478 e. The summed E-state index contributed by atoms with van der Waals surface area (Å²) in [4.78, 5) is 33.2. The second-order valence-corrected chi connectivity index (χ2v) is 3.85. The molecular weight excluding hydrogens is 240 g/mol. The minimum absolute atomic E-state index is 0.239. The lowest BCUT2D eigenvalue weighted by Gasteiger charge is -2.28. The summed E-state index contributed by atoms with van der Waals surface area (Å²) in [6.45, 7) is 1.25. The molecular formula is C12H10O6. The smallest absolute Gasteiger partial charge is 0.371 e. The Labute approximate surface area is 102 Å². The number of hydrogen-bond acceptors (Lipinski definition) is 5. The zero-order chi connectivity index (χ0) is 13.3. The lowest BCUT2D eigenvalue weighted by atomic mass is 9.90. The summed E-state index contributed by atoms with van der Waals surface area (Å²) >= 11 is 0. The fourth-order valence-electron chi connectivity index (χ4n) is 1.75. The molecule has 0 saturated carbocycles. The Balaban J connectivity index is 2.24. The van der Waals surface area contributed by atoms with Gasteiger partial charge in [-0.3, -0.25) is 9.59 Å². The molecule has 18 heavy (non-hydrogen) atoms. The summed E-state index contributed by atoms with van der Waals surface area (Å²) < 4.78 is 10.0. The maximum Gasteiger partial charge on any atom is 0.371 e. The number of carboxylic acid groups (broad SMARTS) is 1. The van der Waals surface area contributed by atoms with E-state index in [0.29, 0.717) is 0 Å². The van der Waals surface area contributed by atoms with Crippen molar-refractivity contribution in [2.75, 3.05) is 0 Å². The van der Waals surface area contributed by atoms with Gasteiger partial charge in [0.15, 0.2) is 5.78 Å². The monoisotopic (exact) mass is 250 g/mol. The second kappa shape index (κ2) is 4.48. The number of esters is 1. The van der Waals surface area contributed by atoms with Crippen LogP contribution in [0.1, 0.15) is 6.92 Å². The highest BCUT2D eigenvalue weighted by atomic mass is 16.5. The predicted molar refractivity (Wildman–Crippen MR) is 58.1 cm³/mol. The van der Waals surface area contributed by atoms with Crippen molar-refractivity contribution in [3.63, 3.8) is 0 Å². The third kappa shape index (κ3) is 2.32. The van der Waals surface area contributed by atoms with Crippen LogP contribution in [0, 0.1) is 5.92 Å². The van der Waals surface area contributed by atoms with Gasteiger partial charge >= 0.3 is 11.9 Å². The summed E-state index contributed by atoms with van der Waals surface area (Å²) in [7, 11) is 0. The molecule has 0 aromatic carbocycles. The van der Waals surface area contributed by atoms with Crippen molar-refractivity contribution in [1.82, 2.24) is 0 Å². The van der Waals surface area contributed by atoms with Crippen LogP contribution in [0.3, 0.4) is 0 Å². The van der Waals surface area contributed by atoms with Crippen LogP contribution < -0.4 is 0 Å². The highest BCUT2D eigenvalue weighted by molar-refractivity contribution is 6.01. The molecule has 0 spiro atoms. The van der Waals surface area contributed by atoms with E-state index in [9.17, 15) is 14.4 Å². The van der Waals surface area contributed by atoms with E-state index in [1.807, 2.05) is 0 Å². The first-order valence-corrected chi connectivity index (χ1v) is 5.21. The average Bonchev–Trinajstić information content (AvgIpc) is 2.27. The Hall–Kier alpha value is -2.37. The number of ketones is 1. The number of fused-ring (bicyclic) bond motifs is 1. The van der Waals surface area contributed by atoms with Gasteiger partial charge in [-0.05, 0) is 12.2 Å². The van der Waals surface area contributed by atoms with Crippen LogP contribution in [0.5, 0.6) is 0 Å². The van der Waals surface area contributed by atoms with Crippen LogP contribution in [-0.2, 0) is 23.9 Å². The highest BCUT2D eigenvalue weighted by Gasteiger charge is 2.35. The molecule has 0 radical (unpaired) electrons. The van der Waals surface area contributed by atoms with Crippen LogP contribution in [0.4, 0.5) is 0 Å². The number of ether oxygens (including phenoxy) is 2. The molecule has 94 valence electrons. The van der Waals surface area contributed by atoms with Crippen molar-refractivity contribution in [3.8, 4) is 0 Å². The van der Waals surface area contributed by atoms with E-state index < -0.39 is 29.7 Å². The number of carbonyl (C=O) groups is 3. The van der Waals surface area contributed by atoms with Crippen molar-refractivity contribution in [2.45, 2.75) is 13.0 Å². The molecule has 2 rings (SSSR count). The van der Waals surface area contributed by atoms with Crippen LogP contribution in [0.2, 0.25) is 0 Å². The molecule has 1 heterocycles. The van der Waals surface area contributed by atoms with Gasteiger partial charge in [0.2, 0.25) is 5.76 Å². The molecule has 2 unspecified atom stereocenters. The Bertz CT molecular complexity index is 511. The first kappa shape index (κ1) is 12.1. The van der Waals surface area contributed by atoms with E-state index in [0.717, 1.165) is 6.08 Å². The molecule has 1 aliphatic heterocycles. The number of allylic oxidation sites excluding steroid dienone is 2. The van der Waals surface area contributed by atoms with Gasteiger partial charge in [-0.1, -0.05) is 6.08 Å². The summed E-state index contributed by atoms with van der Waals surface area (Å²) in [5, 5.41) is 8.79. The molecule has 0 fully saturated rings. The van der Waals surface area contributed by atoms with E-state index in [1.54, 1.807) is 0 Å². The number of hydrogen-bond donors (Lipinski definition) is 1. The van der Waals surface area contributed by atoms with Gasteiger partial charge < -0.3 is 14.6 Å². The van der Waals surface area contributed by atoms with Crippen molar-refractivity contribution in [2.24, 2.45) is 5.92 Å². The normalized spacial score (nSPS) is 25.5. The van der Waals surface area contributed by atoms with Gasteiger partial charge in [0, 0.05) is 13.0 Å². The molecule has 0 aromatic rings. The second-order valence-electron chi connectivity index (χ2n) is 3.85. The van der Waals surface area contributed by atoms with E-state index in [2.05, 4.69) is 0 Å². The van der Waals surface area contributed by atoms with Crippen molar-refractivity contribution in [1.29, 1.82) is 0 Å². The van der Waals surface area contributed by atoms with E-state index >= 15 is 0 Å². The molecule has 0 bridgehead atoms. The fourth-order valence-corrected chi connectivity index (χ4v) is 1.75. The van der Waals surface area contributed by atoms with E-state index in [-0.39, 0.29) is 11.5 Å². The molecule has 6 nitrogen and oxygen atoms in total. The zero-order valence-corrected chi connectivity index (χ0v) is 9.45. The number of aliphatic carboxylic acids is 1. The molecule has 1 aliphatic carbocycles. The van der Waals surface area contributed by atoms with Gasteiger partial charge in [-0.25, -0.2) is 4.79 Å². The van der Waals surface area contributed by atoms with Crippen LogP contribution in [0.15, 0.2) is 35.8 Å². The molecule has 2 aliphatic rings. The molecule has 6 heteroatoms. The molecule has 0 amide bonds. The Kier molecular flexibility index (Phi) is 3.01. The van der Waals surface area contributed by atoms with Crippen molar-refractivity contribution in [3.05, 3.63) is 35.8 Å². The highest BCUT2D eigenvalue weighted by Crippen LogP contribution is 2.28. The Morgan fingerprint density at radius 3 is 2.78 bits per heavy atom. The van der Waals surface area contributed by atoms with Crippen molar-refractivity contribution >= 4 is 17.7 Å². The molecule has 1 N–H and O–H groups in total. The minimum Gasteiger partial charge on any atom is -0.478 e. The van der Waals surface area contributed by atoms with Crippen LogP contribution in [-0.4, -0.2) is 28.9 Å². The number of carboxylic acids is 1. The van der Waals surface area contributed by atoms with E-state index in [1.165, 1.54) is 25.2 Å². The SMILES string of the molecule is CC(=O)OC1=CC2OC(C(=O)O)=CC(=O)C2C=C1. The first-order chi connectivity index (χ1) is 8.47. The third-order valence-corrected chi connectivity index (χ3v) is 2.49. The standard InChI is InChI=1S/C12H10O6/c1-6(13)17-7-2-3-8-9(14)5-11(12(15)16)18-10(8)4-7/h2-5,8,10H,1H3,(H,15,16). The third-order valence-electron chi connectivity index (χ3n) is 2.49. The lowest BCUT2D eigenvalue weighted by molar-refractivity contribution is -0.140. The van der Waals surface area contributed by atoms with Gasteiger partial charge in [0.1, 0.15) is 11.9 Å². The maximum atomic E-state index is 11.7. The van der Waals surface area contributed by atoms with E-state index in [4.69, 9.17) is 14.6 Å². The summed E-state index contributed by atoms with van der Waals surface area (Å²) in [5.74, 6) is -2.90. The Morgan fingerprint density at radius 2 is 2.17 bits per heavy atom. The van der Waals surface area contributed by atoms with Gasteiger partial charge in [0.25, 0.3) is 0 Å².